The number of allylic oxidation sites excluding steroid dienone is 2. The maximum Gasteiger partial charge on any atom is 0.197 e. The minimum atomic E-state index is 0.466. The zero-order valence-electron chi connectivity index (χ0n) is 31.0. The molecule has 0 spiro atoms. The van der Waals surface area contributed by atoms with Crippen molar-refractivity contribution in [3.05, 3.63) is 239 Å². The second-order valence-corrected chi connectivity index (χ2v) is 14.1. The molecular weight excluding hydrogens is 713 g/mol. The fourth-order valence-corrected chi connectivity index (χ4v) is 7.78. The summed E-state index contributed by atoms with van der Waals surface area (Å²) in [5, 5.41) is 0. The summed E-state index contributed by atoms with van der Waals surface area (Å²) in [6.07, 6.45) is 0. The van der Waals surface area contributed by atoms with Crippen molar-refractivity contribution in [1.82, 2.24) is 19.9 Å². The van der Waals surface area contributed by atoms with Gasteiger partial charge in [-0.3, -0.25) is 0 Å². The van der Waals surface area contributed by atoms with E-state index in [4.69, 9.17) is 29.9 Å². The highest BCUT2D eigenvalue weighted by molar-refractivity contribution is 6.29. The molecule has 5 heterocycles. The van der Waals surface area contributed by atoms with Crippen LogP contribution in [0, 0.1) is 0 Å². The predicted octanol–water partition coefficient (Wildman–Crippen LogP) is 10.2. The van der Waals surface area contributed by atoms with E-state index in [2.05, 4.69) is 82.8 Å². The maximum absolute atomic E-state index is 5.43. The molecule has 0 amide bonds. The molecular formula is C50H32N8. The van der Waals surface area contributed by atoms with Crippen LogP contribution in [-0.2, 0) is 0 Å². The van der Waals surface area contributed by atoms with Gasteiger partial charge in [0.15, 0.2) is 23.3 Å². The van der Waals surface area contributed by atoms with Crippen molar-refractivity contribution < 1.29 is 0 Å². The molecule has 0 unspecified atom stereocenters. The van der Waals surface area contributed by atoms with Crippen LogP contribution in [0.2, 0.25) is 0 Å². The van der Waals surface area contributed by atoms with Crippen molar-refractivity contribution in [2.45, 2.75) is 0 Å². The zero-order valence-corrected chi connectivity index (χ0v) is 31.0. The second kappa shape index (κ2) is 13.9. The van der Waals surface area contributed by atoms with Crippen LogP contribution in [0.5, 0.6) is 0 Å². The average Bonchev–Trinajstić information content (AvgIpc) is 4.12. The number of fused-ring (bicyclic) bond motifs is 8. The number of nitrogens with zero attached hydrogens (tertiary/aromatic N) is 6. The fraction of sp³-hybridized carbons (Fsp3) is 0. The summed E-state index contributed by atoms with van der Waals surface area (Å²) >= 11 is 0. The first-order chi connectivity index (χ1) is 28.8. The summed E-state index contributed by atoms with van der Waals surface area (Å²) in [4.78, 5) is 39.7. The van der Waals surface area contributed by atoms with Crippen LogP contribution in [0.25, 0.3) is 33.7 Å². The van der Waals surface area contributed by atoms with Gasteiger partial charge in [0.1, 0.15) is 11.4 Å². The number of H-pyrrole nitrogens is 2. The molecule has 3 aliphatic rings. The Morgan fingerprint density at radius 2 is 0.586 bits per heavy atom. The van der Waals surface area contributed by atoms with E-state index in [0.29, 0.717) is 34.7 Å². The Bertz CT molecular complexity index is 2830. The van der Waals surface area contributed by atoms with Crippen LogP contribution in [0.4, 0.5) is 0 Å². The number of benzene rings is 6. The Hall–Kier alpha value is -8.10. The van der Waals surface area contributed by atoms with Gasteiger partial charge in [-0.25, -0.2) is 29.9 Å². The van der Waals surface area contributed by atoms with Crippen molar-refractivity contribution in [1.29, 1.82) is 0 Å². The number of aliphatic imine (C=N–C) groups is 4. The highest BCUT2D eigenvalue weighted by Crippen LogP contribution is 2.41. The van der Waals surface area contributed by atoms with E-state index in [1.165, 1.54) is 0 Å². The Morgan fingerprint density at radius 3 is 0.914 bits per heavy atom. The fourth-order valence-electron chi connectivity index (χ4n) is 7.78. The molecule has 8 heteroatoms. The first-order valence-corrected chi connectivity index (χ1v) is 19.1. The summed E-state index contributed by atoms with van der Waals surface area (Å²) in [6, 6.07) is 61.4. The standard InChI is InChI=1S/C50H32N8/c1-7-19-31(20-8-1)37-43-39(33-23-11-3-12-24-33)51-47(55-43)49-53-41(35-27-15-5-16-28-35)45(57-49)38(32-21-9-2-10-22-32)46-42(36-29-17-6-18-30-36)54-50(58-46)48-52-40(44(37)56-48)34-25-13-4-14-26-34/h1-30H,(H,51,55)(H,54,58). The van der Waals surface area contributed by atoms with Gasteiger partial charge in [0, 0.05) is 33.4 Å². The van der Waals surface area contributed by atoms with Crippen molar-refractivity contribution in [3.63, 3.8) is 0 Å². The van der Waals surface area contributed by atoms with E-state index in [9.17, 15) is 0 Å². The molecule has 2 aromatic heterocycles. The maximum atomic E-state index is 5.43. The first-order valence-electron chi connectivity index (χ1n) is 19.1. The highest BCUT2D eigenvalue weighted by Gasteiger charge is 2.34. The predicted molar refractivity (Wildman–Crippen MR) is 232 cm³/mol. The third-order valence-electron chi connectivity index (χ3n) is 10.4. The Balaban J connectivity index is 1.31. The SMILES string of the molecule is c1ccc(C2=NC3=NC2=C(c2ccccc2)c2[nH]c(nc2-c2ccccc2)C2=NC(=C(c4ccccc4)c4[nH]c3nc4-c3ccccc3)C(c3ccccc3)=N2)cc1. The van der Waals surface area contributed by atoms with Crippen LogP contribution >= 0.6 is 0 Å². The van der Waals surface area contributed by atoms with Gasteiger partial charge < -0.3 is 9.97 Å². The number of aromatic amines is 2. The van der Waals surface area contributed by atoms with E-state index >= 15 is 0 Å². The molecule has 8 bridgehead atoms. The number of rotatable bonds is 6. The Kier molecular flexibility index (Phi) is 7.96. The molecule has 11 rings (SSSR count). The van der Waals surface area contributed by atoms with Gasteiger partial charge in [0.25, 0.3) is 0 Å². The number of imidazole rings is 2. The quantitative estimate of drug-likeness (QED) is 0.177. The highest BCUT2D eigenvalue weighted by atomic mass is 15.1. The molecule has 0 fully saturated rings. The lowest BCUT2D eigenvalue weighted by molar-refractivity contribution is 1.22. The lowest BCUT2D eigenvalue weighted by Crippen LogP contribution is -2.06. The third kappa shape index (κ3) is 5.70. The molecule has 0 aliphatic carbocycles. The van der Waals surface area contributed by atoms with Gasteiger partial charge >= 0.3 is 0 Å². The molecule has 8 nitrogen and oxygen atoms in total. The van der Waals surface area contributed by atoms with E-state index in [-0.39, 0.29) is 0 Å². The lowest BCUT2D eigenvalue weighted by atomic mass is 9.93. The summed E-state index contributed by atoms with van der Waals surface area (Å²) in [7, 11) is 0. The first kappa shape index (κ1) is 33.3. The van der Waals surface area contributed by atoms with Gasteiger partial charge in [0.2, 0.25) is 0 Å². The molecule has 272 valence electrons. The Labute approximate surface area is 334 Å². The van der Waals surface area contributed by atoms with Gasteiger partial charge in [-0.2, -0.15) is 0 Å². The number of hydrogen-bond donors (Lipinski definition) is 2. The zero-order chi connectivity index (χ0) is 38.4. The van der Waals surface area contributed by atoms with Crippen LogP contribution in [0.15, 0.2) is 213 Å². The lowest BCUT2D eigenvalue weighted by Gasteiger charge is -2.13. The molecule has 3 aliphatic heterocycles. The number of aromatic nitrogens is 4. The molecule has 2 N–H and O–H groups in total. The normalized spacial score (nSPS) is 14.5. The van der Waals surface area contributed by atoms with Gasteiger partial charge in [-0.1, -0.05) is 182 Å². The van der Waals surface area contributed by atoms with Crippen LogP contribution in [0.1, 0.15) is 45.3 Å². The summed E-state index contributed by atoms with van der Waals surface area (Å²) in [5.74, 6) is 2.00. The van der Waals surface area contributed by atoms with Gasteiger partial charge in [-0.15, -0.1) is 0 Å². The van der Waals surface area contributed by atoms with Crippen molar-refractivity contribution >= 4 is 34.2 Å². The number of hydrogen-bond acceptors (Lipinski definition) is 6. The molecule has 0 saturated carbocycles. The molecule has 0 radical (unpaired) electrons. The molecule has 6 aromatic carbocycles. The average molecular weight is 745 g/mol. The van der Waals surface area contributed by atoms with E-state index < -0.39 is 0 Å². The van der Waals surface area contributed by atoms with Crippen LogP contribution < -0.4 is 0 Å². The van der Waals surface area contributed by atoms with E-state index in [1.807, 2.05) is 109 Å². The molecule has 0 atom stereocenters. The van der Waals surface area contributed by atoms with Crippen molar-refractivity contribution in [2.24, 2.45) is 20.0 Å². The minimum Gasteiger partial charge on any atom is -0.335 e. The summed E-state index contributed by atoms with van der Waals surface area (Å²) in [5.41, 5.74) is 13.2. The summed E-state index contributed by atoms with van der Waals surface area (Å²) < 4.78 is 0. The smallest absolute Gasteiger partial charge is 0.197 e. The number of amidine groups is 2. The van der Waals surface area contributed by atoms with E-state index in [0.717, 1.165) is 78.7 Å². The minimum absolute atomic E-state index is 0.466. The largest absolute Gasteiger partial charge is 0.335 e. The summed E-state index contributed by atoms with van der Waals surface area (Å²) in [6.45, 7) is 0. The third-order valence-corrected chi connectivity index (χ3v) is 10.4. The van der Waals surface area contributed by atoms with E-state index in [1.54, 1.807) is 0 Å². The van der Waals surface area contributed by atoms with Crippen LogP contribution in [0.3, 0.4) is 0 Å². The topological polar surface area (TPSA) is 107 Å². The second-order valence-electron chi connectivity index (χ2n) is 14.1. The van der Waals surface area contributed by atoms with Gasteiger partial charge in [0.05, 0.1) is 34.2 Å². The molecule has 58 heavy (non-hydrogen) atoms. The molecule has 8 aromatic rings. The van der Waals surface area contributed by atoms with Crippen LogP contribution in [-0.4, -0.2) is 43.0 Å². The molecule has 0 saturated heterocycles. The van der Waals surface area contributed by atoms with Crippen molar-refractivity contribution in [3.8, 4) is 22.5 Å². The van der Waals surface area contributed by atoms with Gasteiger partial charge in [-0.05, 0) is 11.1 Å². The van der Waals surface area contributed by atoms with Crippen molar-refractivity contribution in [2.75, 3.05) is 0 Å². The monoisotopic (exact) mass is 744 g/mol. The Morgan fingerprint density at radius 1 is 0.293 bits per heavy atom. The number of nitrogens with one attached hydrogen (secondary N) is 2.